The number of nitrogens with zero attached hydrogens (tertiary/aromatic N) is 2. The van der Waals surface area contributed by atoms with Gasteiger partial charge in [0.25, 0.3) is 5.91 Å². The number of carbonyl (C=O) groups is 2. The van der Waals surface area contributed by atoms with Crippen molar-refractivity contribution in [1.29, 1.82) is 0 Å². The number of amides is 2. The number of piperazine rings is 1. The van der Waals surface area contributed by atoms with E-state index in [0.29, 0.717) is 23.7 Å². The van der Waals surface area contributed by atoms with Crippen molar-refractivity contribution in [3.8, 4) is 5.75 Å². The summed E-state index contributed by atoms with van der Waals surface area (Å²) in [5, 5.41) is 2.91. The molecule has 2 amide bonds. The third kappa shape index (κ3) is 4.54. The van der Waals surface area contributed by atoms with Gasteiger partial charge in [-0.05, 0) is 24.3 Å². The normalized spacial score (nSPS) is 16.8. The highest BCUT2D eigenvalue weighted by molar-refractivity contribution is 6.02. The Balaban J connectivity index is 1.22. The van der Waals surface area contributed by atoms with Crippen LogP contribution < -0.4 is 24.8 Å². The van der Waals surface area contributed by atoms with Crippen molar-refractivity contribution in [2.45, 2.75) is 0 Å². The molecule has 0 unspecified atom stereocenters. The van der Waals surface area contributed by atoms with Gasteiger partial charge in [-0.3, -0.25) is 14.5 Å². The van der Waals surface area contributed by atoms with Crippen molar-refractivity contribution < 1.29 is 23.6 Å². The third-order valence-corrected chi connectivity index (χ3v) is 5.57. The second kappa shape index (κ2) is 9.13. The van der Waals surface area contributed by atoms with Gasteiger partial charge in [-0.25, -0.2) is 4.39 Å². The first-order chi connectivity index (χ1) is 14.6. The maximum atomic E-state index is 13.9. The summed E-state index contributed by atoms with van der Waals surface area (Å²) in [4.78, 5) is 29.5. The Hall–Kier alpha value is -3.13. The topological polar surface area (TPSA) is 66.3 Å². The number of quaternary nitrogens is 1. The summed E-state index contributed by atoms with van der Waals surface area (Å²) >= 11 is 0. The number of rotatable bonds is 6. The third-order valence-electron chi connectivity index (χ3n) is 5.57. The number of nitrogens with one attached hydrogen (secondary N) is 2. The van der Waals surface area contributed by atoms with Crippen molar-refractivity contribution >= 4 is 23.2 Å². The van der Waals surface area contributed by atoms with Gasteiger partial charge in [0.2, 0.25) is 5.91 Å². The SMILES string of the molecule is O=C(CN1C(=O)COc2ccccc21)NCC[NH+]1CCN(c2ccccc2F)CC1. The second-order valence-corrected chi connectivity index (χ2v) is 7.52. The molecular formula is C22H26FN4O3+. The summed E-state index contributed by atoms with van der Waals surface area (Å²) < 4.78 is 19.3. The Morgan fingerprint density at radius 2 is 1.77 bits per heavy atom. The molecule has 2 aromatic rings. The molecule has 8 heteroatoms. The van der Waals surface area contributed by atoms with Crippen LogP contribution in [0.5, 0.6) is 5.75 Å². The van der Waals surface area contributed by atoms with Crippen LogP contribution in [0.2, 0.25) is 0 Å². The van der Waals surface area contributed by atoms with Crippen molar-refractivity contribution in [1.82, 2.24) is 5.32 Å². The number of para-hydroxylation sites is 3. The van der Waals surface area contributed by atoms with Crippen LogP contribution in [0.15, 0.2) is 48.5 Å². The molecule has 2 heterocycles. The maximum Gasteiger partial charge on any atom is 0.265 e. The van der Waals surface area contributed by atoms with Crippen LogP contribution in [0.1, 0.15) is 0 Å². The summed E-state index contributed by atoms with van der Waals surface area (Å²) in [6, 6.07) is 14.1. The molecule has 1 saturated heterocycles. The largest absolute Gasteiger partial charge is 0.482 e. The first-order valence-corrected chi connectivity index (χ1v) is 10.2. The highest BCUT2D eigenvalue weighted by Crippen LogP contribution is 2.31. The fourth-order valence-corrected chi connectivity index (χ4v) is 3.93. The van der Waals surface area contributed by atoms with Crippen LogP contribution in [0, 0.1) is 5.82 Å². The number of benzene rings is 2. The lowest BCUT2D eigenvalue weighted by Crippen LogP contribution is -3.15. The van der Waals surface area contributed by atoms with Crippen LogP contribution in [0.4, 0.5) is 15.8 Å². The minimum absolute atomic E-state index is 0.0183. The smallest absolute Gasteiger partial charge is 0.265 e. The Morgan fingerprint density at radius 3 is 2.53 bits per heavy atom. The van der Waals surface area contributed by atoms with Crippen molar-refractivity contribution in [2.24, 2.45) is 0 Å². The first-order valence-electron chi connectivity index (χ1n) is 10.2. The number of halogens is 1. The average molecular weight is 413 g/mol. The fourth-order valence-electron chi connectivity index (χ4n) is 3.93. The molecule has 2 aliphatic heterocycles. The Kier molecular flexibility index (Phi) is 6.13. The van der Waals surface area contributed by atoms with Gasteiger partial charge in [-0.2, -0.15) is 0 Å². The van der Waals surface area contributed by atoms with E-state index in [9.17, 15) is 14.0 Å². The zero-order valence-electron chi connectivity index (χ0n) is 16.8. The minimum Gasteiger partial charge on any atom is -0.482 e. The lowest BCUT2D eigenvalue weighted by Gasteiger charge is -2.34. The molecule has 4 rings (SSSR count). The summed E-state index contributed by atoms with van der Waals surface area (Å²) in [6.45, 7) is 4.60. The van der Waals surface area contributed by atoms with E-state index >= 15 is 0 Å². The number of hydrogen-bond donors (Lipinski definition) is 2. The Morgan fingerprint density at radius 1 is 1.07 bits per heavy atom. The van der Waals surface area contributed by atoms with E-state index in [1.807, 2.05) is 24.3 Å². The van der Waals surface area contributed by atoms with Crippen molar-refractivity contribution in [3.63, 3.8) is 0 Å². The van der Waals surface area contributed by atoms with E-state index in [0.717, 1.165) is 32.7 Å². The van der Waals surface area contributed by atoms with Crippen LogP contribution in [0.25, 0.3) is 0 Å². The summed E-state index contributed by atoms with van der Waals surface area (Å²) in [6.07, 6.45) is 0. The van der Waals surface area contributed by atoms with Gasteiger partial charge in [-0.1, -0.05) is 24.3 Å². The number of carbonyl (C=O) groups excluding carboxylic acids is 2. The van der Waals surface area contributed by atoms with Gasteiger partial charge in [0, 0.05) is 0 Å². The lowest BCUT2D eigenvalue weighted by atomic mass is 10.2. The zero-order valence-corrected chi connectivity index (χ0v) is 16.8. The minimum atomic E-state index is -0.223. The van der Waals surface area contributed by atoms with Gasteiger partial charge in [0.15, 0.2) is 6.61 Å². The van der Waals surface area contributed by atoms with Crippen LogP contribution in [-0.4, -0.2) is 64.2 Å². The van der Waals surface area contributed by atoms with E-state index < -0.39 is 0 Å². The molecule has 0 aromatic heterocycles. The Bertz CT molecular complexity index is 915. The molecule has 0 atom stereocenters. The molecule has 1 fully saturated rings. The Labute approximate surface area is 175 Å². The first kappa shape index (κ1) is 20.2. The molecular weight excluding hydrogens is 387 g/mol. The van der Waals surface area contributed by atoms with Crippen LogP contribution in [0.3, 0.4) is 0 Å². The summed E-state index contributed by atoms with van der Waals surface area (Å²) in [5.74, 6) is 0.0118. The summed E-state index contributed by atoms with van der Waals surface area (Å²) in [5.41, 5.74) is 1.28. The molecule has 0 spiro atoms. The molecule has 0 bridgehead atoms. The predicted molar refractivity (Wildman–Crippen MR) is 111 cm³/mol. The number of fused-ring (bicyclic) bond motifs is 1. The molecule has 30 heavy (non-hydrogen) atoms. The lowest BCUT2D eigenvalue weighted by molar-refractivity contribution is -0.899. The van der Waals surface area contributed by atoms with Gasteiger partial charge < -0.3 is 19.9 Å². The molecule has 2 aromatic carbocycles. The number of hydrogen-bond acceptors (Lipinski definition) is 4. The second-order valence-electron chi connectivity index (χ2n) is 7.52. The highest BCUT2D eigenvalue weighted by atomic mass is 19.1. The van der Waals surface area contributed by atoms with Crippen molar-refractivity contribution in [3.05, 3.63) is 54.3 Å². The van der Waals surface area contributed by atoms with Gasteiger partial charge in [0.1, 0.15) is 18.1 Å². The molecule has 7 nitrogen and oxygen atoms in total. The van der Waals surface area contributed by atoms with Gasteiger partial charge in [0.05, 0.1) is 50.6 Å². The maximum absolute atomic E-state index is 13.9. The van der Waals surface area contributed by atoms with E-state index in [1.165, 1.54) is 15.9 Å². The number of anilines is 2. The van der Waals surface area contributed by atoms with Crippen LogP contribution in [-0.2, 0) is 9.59 Å². The van der Waals surface area contributed by atoms with E-state index in [-0.39, 0.29) is 30.8 Å². The molecule has 0 radical (unpaired) electrons. The zero-order chi connectivity index (χ0) is 20.9. The van der Waals surface area contributed by atoms with Crippen molar-refractivity contribution in [2.75, 3.05) is 62.2 Å². The molecule has 2 aliphatic rings. The predicted octanol–water partition coefficient (Wildman–Crippen LogP) is 0.0724. The standard InChI is InChI=1S/C22H25FN4O3/c23-17-5-1-2-6-18(17)26-13-11-25(12-14-26)10-9-24-21(28)15-27-19-7-3-4-8-20(19)30-16-22(27)29/h1-8H,9-16H2,(H,24,28)/p+1. The molecule has 0 aliphatic carbocycles. The molecule has 2 N–H and O–H groups in total. The van der Waals surface area contributed by atoms with Crippen LogP contribution >= 0.6 is 0 Å². The van der Waals surface area contributed by atoms with E-state index in [2.05, 4.69) is 10.2 Å². The van der Waals surface area contributed by atoms with E-state index in [4.69, 9.17) is 4.74 Å². The van der Waals surface area contributed by atoms with E-state index in [1.54, 1.807) is 18.2 Å². The fraction of sp³-hybridized carbons (Fsp3) is 0.364. The van der Waals surface area contributed by atoms with Gasteiger partial charge in [-0.15, -0.1) is 0 Å². The quantitative estimate of drug-likeness (QED) is 0.704. The van der Waals surface area contributed by atoms with Gasteiger partial charge >= 0.3 is 0 Å². The summed E-state index contributed by atoms with van der Waals surface area (Å²) in [7, 11) is 0. The molecule has 158 valence electrons. The molecule has 0 saturated carbocycles. The monoisotopic (exact) mass is 413 g/mol. The average Bonchev–Trinajstić information content (AvgIpc) is 2.77. The number of ether oxygens (including phenoxy) is 1. The highest BCUT2D eigenvalue weighted by Gasteiger charge is 2.27.